The molecule has 2 rings (SSSR count). The van der Waals surface area contributed by atoms with Crippen molar-refractivity contribution in [3.63, 3.8) is 0 Å². The van der Waals surface area contributed by atoms with E-state index in [9.17, 15) is 9.90 Å². The molecule has 0 aliphatic carbocycles. The van der Waals surface area contributed by atoms with Crippen LogP contribution in [0.2, 0.25) is 0 Å². The lowest BCUT2D eigenvalue weighted by Crippen LogP contribution is -2.19. The van der Waals surface area contributed by atoms with Crippen molar-refractivity contribution in [2.45, 2.75) is 42.8 Å². The Balaban J connectivity index is 2.00. The van der Waals surface area contributed by atoms with Gasteiger partial charge in [0.25, 0.3) is 0 Å². The van der Waals surface area contributed by atoms with E-state index in [0.29, 0.717) is 6.42 Å². The summed E-state index contributed by atoms with van der Waals surface area (Å²) >= 11 is 1.41. The molecule has 0 fully saturated rings. The standard InChI is InChI=1S/C19H22O2S/c1-2-3-7-15-10-12-16(13-11-15)14-18(19(20)21)22-17-8-5-4-6-9-17/h4-6,8-13,18H,2-3,7,14H2,1H3,(H,20,21)/t18-/m1/s1. The van der Waals surface area contributed by atoms with E-state index in [2.05, 4.69) is 31.2 Å². The SMILES string of the molecule is CCCCc1ccc(C[C@@H](Sc2ccccc2)C(=O)O)cc1. The molecule has 0 heterocycles. The first-order valence-electron chi connectivity index (χ1n) is 7.71. The largest absolute Gasteiger partial charge is 0.480 e. The zero-order chi connectivity index (χ0) is 15.8. The molecule has 2 aromatic carbocycles. The molecule has 116 valence electrons. The Kier molecular flexibility index (Phi) is 6.53. The maximum Gasteiger partial charge on any atom is 0.317 e. The molecule has 1 atom stereocenters. The number of carbonyl (C=O) groups is 1. The average Bonchev–Trinajstić information content (AvgIpc) is 2.54. The Hall–Kier alpha value is -1.74. The van der Waals surface area contributed by atoms with Gasteiger partial charge in [-0.15, -0.1) is 11.8 Å². The quantitative estimate of drug-likeness (QED) is 0.710. The number of hydrogen-bond donors (Lipinski definition) is 1. The Bertz CT molecular complexity index is 578. The van der Waals surface area contributed by atoms with Gasteiger partial charge in [0.05, 0.1) is 0 Å². The summed E-state index contributed by atoms with van der Waals surface area (Å²) in [4.78, 5) is 12.5. The minimum Gasteiger partial charge on any atom is -0.480 e. The first-order valence-corrected chi connectivity index (χ1v) is 8.59. The molecule has 22 heavy (non-hydrogen) atoms. The molecule has 3 heteroatoms. The monoisotopic (exact) mass is 314 g/mol. The Morgan fingerprint density at radius 1 is 1.05 bits per heavy atom. The molecule has 0 aliphatic heterocycles. The summed E-state index contributed by atoms with van der Waals surface area (Å²) in [6.45, 7) is 2.19. The number of thioether (sulfide) groups is 1. The zero-order valence-electron chi connectivity index (χ0n) is 12.9. The molecule has 0 aromatic heterocycles. The molecule has 2 aromatic rings. The van der Waals surface area contributed by atoms with Crippen molar-refractivity contribution in [3.05, 3.63) is 65.7 Å². The highest BCUT2D eigenvalue weighted by Crippen LogP contribution is 2.26. The van der Waals surface area contributed by atoms with E-state index in [1.807, 2.05) is 30.3 Å². The van der Waals surface area contributed by atoms with Crippen LogP contribution in [0.1, 0.15) is 30.9 Å². The summed E-state index contributed by atoms with van der Waals surface area (Å²) < 4.78 is 0. The lowest BCUT2D eigenvalue weighted by Gasteiger charge is -2.12. The summed E-state index contributed by atoms with van der Waals surface area (Å²) in [6.07, 6.45) is 4.03. The molecule has 0 saturated heterocycles. The number of benzene rings is 2. The van der Waals surface area contributed by atoms with Crippen molar-refractivity contribution < 1.29 is 9.90 Å². The summed E-state index contributed by atoms with van der Waals surface area (Å²) in [7, 11) is 0. The molecule has 1 N–H and O–H groups in total. The normalized spacial score (nSPS) is 12.0. The fourth-order valence-corrected chi connectivity index (χ4v) is 3.30. The average molecular weight is 314 g/mol. The van der Waals surface area contributed by atoms with E-state index in [1.54, 1.807) is 0 Å². The smallest absolute Gasteiger partial charge is 0.317 e. The van der Waals surface area contributed by atoms with Crippen LogP contribution in [0.15, 0.2) is 59.5 Å². The van der Waals surface area contributed by atoms with Crippen molar-refractivity contribution >= 4 is 17.7 Å². The molecule has 2 nitrogen and oxygen atoms in total. The maximum absolute atomic E-state index is 11.5. The van der Waals surface area contributed by atoms with Crippen LogP contribution in [0, 0.1) is 0 Å². The molecule has 0 radical (unpaired) electrons. The van der Waals surface area contributed by atoms with Crippen molar-refractivity contribution in [3.8, 4) is 0 Å². The van der Waals surface area contributed by atoms with Crippen LogP contribution in [0.5, 0.6) is 0 Å². The molecule has 0 spiro atoms. The third-order valence-electron chi connectivity index (χ3n) is 3.56. The number of carboxylic acids is 1. The van der Waals surface area contributed by atoms with E-state index in [1.165, 1.54) is 30.2 Å². The van der Waals surface area contributed by atoms with Crippen molar-refractivity contribution in [1.82, 2.24) is 0 Å². The molecule has 0 unspecified atom stereocenters. The maximum atomic E-state index is 11.5. The minimum atomic E-state index is -0.760. The van der Waals surface area contributed by atoms with Gasteiger partial charge in [0, 0.05) is 4.90 Å². The number of hydrogen-bond acceptors (Lipinski definition) is 2. The summed E-state index contributed by atoms with van der Waals surface area (Å²) in [5, 5.41) is 8.99. The van der Waals surface area contributed by atoms with Crippen LogP contribution >= 0.6 is 11.8 Å². The number of aryl methyl sites for hydroxylation is 1. The van der Waals surface area contributed by atoms with Gasteiger partial charge < -0.3 is 5.11 Å². The second kappa shape index (κ2) is 8.64. The molecule has 0 saturated carbocycles. The second-order valence-corrected chi connectivity index (χ2v) is 6.66. The first kappa shape index (κ1) is 16.6. The van der Waals surface area contributed by atoms with Crippen LogP contribution in [0.25, 0.3) is 0 Å². The van der Waals surface area contributed by atoms with Crippen LogP contribution < -0.4 is 0 Å². The van der Waals surface area contributed by atoms with Crippen LogP contribution in [-0.2, 0) is 17.6 Å². The van der Waals surface area contributed by atoms with Gasteiger partial charge >= 0.3 is 5.97 Å². The first-order chi connectivity index (χ1) is 10.7. The predicted molar refractivity (Wildman–Crippen MR) is 92.5 cm³/mol. The lowest BCUT2D eigenvalue weighted by atomic mass is 10.0. The zero-order valence-corrected chi connectivity index (χ0v) is 13.7. The number of rotatable bonds is 8. The second-order valence-electron chi connectivity index (χ2n) is 5.38. The van der Waals surface area contributed by atoms with Gasteiger partial charge in [0.1, 0.15) is 5.25 Å². The lowest BCUT2D eigenvalue weighted by molar-refractivity contribution is -0.136. The van der Waals surface area contributed by atoms with E-state index in [0.717, 1.165) is 16.9 Å². The number of aliphatic carboxylic acids is 1. The van der Waals surface area contributed by atoms with Crippen LogP contribution in [-0.4, -0.2) is 16.3 Å². The van der Waals surface area contributed by atoms with E-state index in [4.69, 9.17) is 0 Å². The Morgan fingerprint density at radius 2 is 1.68 bits per heavy atom. The third-order valence-corrected chi connectivity index (χ3v) is 4.76. The molecular weight excluding hydrogens is 292 g/mol. The van der Waals surface area contributed by atoms with Crippen LogP contribution in [0.4, 0.5) is 0 Å². The van der Waals surface area contributed by atoms with Gasteiger partial charge in [-0.3, -0.25) is 4.79 Å². The molecule has 0 amide bonds. The fourth-order valence-electron chi connectivity index (χ4n) is 2.28. The number of unbranched alkanes of at least 4 members (excludes halogenated alkanes) is 1. The molecule has 0 bridgehead atoms. The van der Waals surface area contributed by atoms with Crippen molar-refractivity contribution in [2.24, 2.45) is 0 Å². The minimum absolute atomic E-state index is 0.455. The fraction of sp³-hybridized carbons (Fsp3) is 0.316. The van der Waals surface area contributed by atoms with E-state index < -0.39 is 11.2 Å². The van der Waals surface area contributed by atoms with Gasteiger partial charge in [-0.2, -0.15) is 0 Å². The van der Waals surface area contributed by atoms with Gasteiger partial charge in [0.2, 0.25) is 0 Å². The third kappa shape index (κ3) is 5.23. The topological polar surface area (TPSA) is 37.3 Å². The molecule has 0 aliphatic rings. The van der Waals surface area contributed by atoms with E-state index in [-0.39, 0.29) is 0 Å². The van der Waals surface area contributed by atoms with Gasteiger partial charge in [0.15, 0.2) is 0 Å². The number of carboxylic acid groups (broad SMARTS) is 1. The molecular formula is C19H22O2S. The van der Waals surface area contributed by atoms with E-state index >= 15 is 0 Å². The van der Waals surface area contributed by atoms with Gasteiger partial charge in [-0.05, 0) is 42.5 Å². The Labute approximate surface area is 136 Å². The highest BCUT2D eigenvalue weighted by atomic mass is 32.2. The van der Waals surface area contributed by atoms with Crippen molar-refractivity contribution in [2.75, 3.05) is 0 Å². The Morgan fingerprint density at radius 3 is 2.27 bits per heavy atom. The summed E-state index contributed by atoms with van der Waals surface area (Å²) in [5.74, 6) is -0.760. The van der Waals surface area contributed by atoms with Gasteiger partial charge in [-0.1, -0.05) is 55.8 Å². The summed E-state index contributed by atoms with van der Waals surface area (Å²) in [6, 6.07) is 18.1. The predicted octanol–water partition coefficient (Wildman–Crippen LogP) is 4.82. The van der Waals surface area contributed by atoms with Gasteiger partial charge in [-0.25, -0.2) is 0 Å². The highest BCUT2D eigenvalue weighted by molar-refractivity contribution is 8.00. The van der Waals surface area contributed by atoms with Crippen LogP contribution in [0.3, 0.4) is 0 Å². The summed E-state index contributed by atoms with van der Waals surface area (Å²) in [5.41, 5.74) is 2.41. The van der Waals surface area contributed by atoms with Crippen molar-refractivity contribution in [1.29, 1.82) is 0 Å². The highest BCUT2D eigenvalue weighted by Gasteiger charge is 2.19.